The highest BCUT2D eigenvalue weighted by molar-refractivity contribution is 5.78. The molecule has 6 nitrogen and oxygen atoms in total. The number of carboxylic acids is 1. The highest BCUT2D eigenvalue weighted by Gasteiger charge is 2.04. The molecule has 0 rings (SSSR count). The molecule has 0 aliphatic carbocycles. The Morgan fingerprint density at radius 3 is 1.53 bits per heavy atom. The molecule has 0 aromatic carbocycles. The van der Waals surface area contributed by atoms with Crippen molar-refractivity contribution in [1.29, 1.82) is 0 Å². The van der Waals surface area contributed by atoms with Gasteiger partial charge in [-0.3, -0.25) is 9.59 Å². The van der Waals surface area contributed by atoms with Gasteiger partial charge in [0, 0.05) is 6.08 Å². The molecule has 1 N–H and O–H groups in total. The Hall–Kier alpha value is -1.85. The molecule has 0 saturated heterocycles. The molecule has 0 aliphatic rings. The smallest absolute Gasteiger partial charge is 0.327 e. The van der Waals surface area contributed by atoms with Crippen molar-refractivity contribution in [3.05, 3.63) is 12.7 Å². The minimum Gasteiger partial charge on any atom is -0.478 e. The molecule has 86 valence electrons. The van der Waals surface area contributed by atoms with Crippen LogP contribution in [0.2, 0.25) is 0 Å². The summed E-state index contributed by atoms with van der Waals surface area (Å²) in [5, 5.41) is 7.60. The lowest BCUT2D eigenvalue weighted by atomic mass is 10.3. The highest BCUT2D eigenvalue weighted by Crippen LogP contribution is 1.92. The molecule has 0 amide bonds. The molecular weight excluding hydrogens is 204 g/mol. The summed E-state index contributed by atoms with van der Waals surface area (Å²) >= 11 is 0. The zero-order chi connectivity index (χ0) is 12.3. The van der Waals surface area contributed by atoms with Crippen molar-refractivity contribution in [1.82, 2.24) is 0 Å². The summed E-state index contributed by atoms with van der Waals surface area (Å²) in [6, 6.07) is 0. The average molecular weight is 218 g/mol. The summed E-state index contributed by atoms with van der Waals surface area (Å²) in [6.07, 6.45) is 1.01. The third-order valence-electron chi connectivity index (χ3n) is 1.16. The normalized spacial score (nSPS) is 7.87. The summed E-state index contributed by atoms with van der Waals surface area (Å²) in [5.41, 5.74) is 0. The van der Waals surface area contributed by atoms with Crippen LogP contribution in [0.1, 0.15) is 12.8 Å². The van der Waals surface area contributed by atoms with Crippen LogP contribution in [0.5, 0.6) is 0 Å². The van der Waals surface area contributed by atoms with E-state index in [0.717, 1.165) is 6.08 Å². The van der Waals surface area contributed by atoms with E-state index in [9.17, 15) is 14.4 Å². The molecule has 0 saturated carbocycles. The summed E-state index contributed by atoms with van der Waals surface area (Å²) in [4.78, 5) is 30.1. The maximum Gasteiger partial charge on any atom is 0.327 e. The first-order valence-electron chi connectivity index (χ1n) is 3.96. The topological polar surface area (TPSA) is 89.9 Å². The van der Waals surface area contributed by atoms with Crippen molar-refractivity contribution in [2.75, 3.05) is 14.2 Å². The van der Waals surface area contributed by atoms with E-state index in [0.29, 0.717) is 0 Å². The molecule has 0 bridgehead atoms. The van der Waals surface area contributed by atoms with E-state index in [1.54, 1.807) is 0 Å². The van der Waals surface area contributed by atoms with Crippen LogP contribution >= 0.6 is 0 Å². The fourth-order valence-electron chi connectivity index (χ4n) is 0.408. The van der Waals surface area contributed by atoms with Crippen molar-refractivity contribution in [3.63, 3.8) is 0 Å². The van der Waals surface area contributed by atoms with Gasteiger partial charge < -0.3 is 14.6 Å². The molecule has 0 heterocycles. The second-order valence-corrected chi connectivity index (χ2v) is 2.19. The van der Waals surface area contributed by atoms with Gasteiger partial charge in [-0.1, -0.05) is 6.58 Å². The number of carboxylic acid groups (broad SMARTS) is 1. The largest absolute Gasteiger partial charge is 0.478 e. The summed E-state index contributed by atoms with van der Waals surface area (Å²) < 4.78 is 8.60. The van der Waals surface area contributed by atoms with Gasteiger partial charge in [0.05, 0.1) is 27.1 Å². The lowest BCUT2D eigenvalue weighted by Crippen LogP contribution is -2.06. The number of aliphatic carboxylic acids is 1. The van der Waals surface area contributed by atoms with E-state index in [-0.39, 0.29) is 12.8 Å². The molecule has 0 aromatic heterocycles. The van der Waals surface area contributed by atoms with E-state index in [2.05, 4.69) is 16.1 Å². The van der Waals surface area contributed by atoms with Crippen molar-refractivity contribution in [2.45, 2.75) is 12.8 Å². The zero-order valence-electron chi connectivity index (χ0n) is 8.69. The number of esters is 2. The van der Waals surface area contributed by atoms with Gasteiger partial charge in [-0.2, -0.15) is 0 Å². The van der Waals surface area contributed by atoms with E-state index >= 15 is 0 Å². The number of carbonyl (C=O) groups excluding carboxylic acids is 2. The fraction of sp³-hybridized carbons (Fsp3) is 0.444. The fourth-order valence-corrected chi connectivity index (χ4v) is 0.408. The van der Waals surface area contributed by atoms with Crippen LogP contribution in [0.25, 0.3) is 0 Å². The first kappa shape index (κ1) is 15.6. The molecule has 0 fully saturated rings. The molecule has 0 aliphatic heterocycles. The average Bonchev–Trinajstić information content (AvgIpc) is 2.25. The molecule has 15 heavy (non-hydrogen) atoms. The Balaban J connectivity index is 0. The van der Waals surface area contributed by atoms with Crippen molar-refractivity contribution in [3.8, 4) is 0 Å². The minimum atomic E-state index is -0.981. The Morgan fingerprint density at radius 1 is 1.13 bits per heavy atom. The van der Waals surface area contributed by atoms with Crippen molar-refractivity contribution >= 4 is 17.9 Å². The summed E-state index contributed by atoms with van der Waals surface area (Å²) in [5.74, 6) is -1.78. The molecule has 0 unspecified atom stereocenters. The predicted octanol–water partition coefficient (Wildman–Crippen LogP) is 0.370. The quantitative estimate of drug-likeness (QED) is 0.541. The molecule has 0 radical (unpaired) electrons. The number of rotatable bonds is 4. The van der Waals surface area contributed by atoms with Gasteiger partial charge in [0.2, 0.25) is 0 Å². The Morgan fingerprint density at radius 2 is 1.40 bits per heavy atom. The van der Waals surface area contributed by atoms with Crippen molar-refractivity contribution < 1.29 is 29.0 Å². The van der Waals surface area contributed by atoms with Crippen LogP contribution in [0.3, 0.4) is 0 Å². The maximum absolute atomic E-state index is 10.4. The zero-order valence-corrected chi connectivity index (χ0v) is 8.69. The van der Waals surface area contributed by atoms with E-state index in [4.69, 9.17) is 5.11 Å². The first-order chi connectivity index (χ1) is 6.97. The van der Waals surface area contributed by atoms with Gasteiger partial charge in [-0.15, -0.1) is 0 Å². The highest BCUT2D eigenvalue weighted by atomic mass is 16.5. The van der Waals surface area contributed by atoms with Crippen LogP contribution in [0, 0.1) is 0 Å². The lowest BCUT2D eigenvalue weighted by Gasteiger charge is -1.96. The molecule has 6 heteroatoms. The number of ether oxygens (including phenoxy) is 2. The van der Waals surface area contributed by atoms with Crippen LogP contribution < -0.4 is 0 Å². The lowest BCUT2D eigenvalue weighted by molar-refractivity contribution is -0.147. The third-order valence-corrected chi connectivity index (χ3v) is 1.16. The summed E-state index contributed by atoms with van der Waals surface area (Å²) in [7, 11) is 2.55. The van der Waals surface area contributed by atoms with Crippen LogP contribution in [-0.2, 0) is 23.9 Å². The van der Waals surface area contributed by atoms with Gasteiger partial charge in [-0.05, 0) is 0 Å². The molecule has 0 aromatic rings. The van der Waals surface area contributed by atoms with Gasteiger partial charge >= 0.3 is 17.9 Å². The first-order valence-corrected chi connectivity index (χ1v) is 3.96. The van der Waals surface area contributed by atoms with E-state index in [1.807, 2.05) is 0 Å². The monoisotopic (exact) mass is 218 g/mol. The number of methoxy groups -OCH3 is 2. The van der Waals surface area contributed by atoms with Gasteiger partial charge in [0.15, 0.2) is 0 Å². The Bertz CT molecular complexity index is 217. The second kappa shape index (κ2) is 10.2. The predicted molar refractivity (Wildman–Crippen MR) is 51.1 cm³/mol. The van der Waals surface area contributed by atoms with Gasteiger partial charge in [-0.25, -0.2) is 4.79 Å². The number of hydrogen-bond acceptors (Lipinski definition) is 5. The second-order valence-electron chi connectivity index (χ2n) is 2.19. The Labute approximate surface area is 87.5 Å². The van der Waals surface area contributed by atoms with Gasteiger partial charge in [0.25, 0.3) is 0 Å². The SMILES string of the molecule is C=CC(=O)O.COC(=O)CCC(=O)OC. The van der Waals surface area contributed by atoms with Crippen LogP contribution in [0.4, 0.5) is 0 Å². The summed E-state index contributed by atoms with van der Waals surface area (Å²) in [6.45, 7) is 2.96. The third kappa shape index (κ3) is 15.0. The molecule has 0 spiro atoms. The number of hydrogen-bond donors (Lipinski definition) is 1. The Kier molecular flexibility index (Phi) is 10.7. The van der Waals surface area contributed by atoms with E-state index in [1.165, 1.54) is 14.2 Å². The minimum absolute atomic E-state index is 0.0865. The molecular formula is C9H14O6. The van der Waals surface area contributed by atoms with Crippen LogP contribution in [-0.4, -0.2) is 37.2 Å². The maximum atomic E-state index is 10.4. The van der Waals surface area contributed by atoms with Crippen LogP contribution in [0.15, 0.2) is 12.7 Å². The van der Waals surface area contributed by atoms with Crippen molar-refractivity contribution in [2.24, 2.45) is 0 Å². The number of carbonyl (C=O) groups is 3. The van der Waals surface area contributed by atoms with E-state index < -0.39 is 17.9 Å². The molecule has 0 atom stereocenters. The standard InChI is InChI=1S/C6H10O4.C3H4O2/c1-9-5(7)3-4-6(8)10-2;1-2-3(4)5/h3-4H2,1-2H3;2H,1H2,(H,4,5). The van der Waals surface area contributed by atoms with Gasteiger partial charge in [0.1, 0.15) is 0 Å².